The van der Waals surface area contributed by atoms with E-state index < -0.39 is 135 Å². The van der Waals surface area contributed by atoms with Gasteiger partial charge in [0.05, 0.1) is 22.7 Å². The van der Waals surface area contributed by atoms with Crippen LogP contribution in [0, 0.1) is 15.9 Å². The van der Waals surface area contributed by atoms with Crippen LogP contribution in [-0.4, -0.2) is 169 Å². The molecule has 2 unspecified atom stereocenters. The molecule has 0 fully saturated rings. The normalized spacial score (nSPS) is 16.2. The zero-order chi connectivity index (χ0) is 67.2. The van der Waals surface area contributed by atoms with Gasteiger partial charge in [-0.25, -0.2) is 14.0 Å². The van der Waals surface area contributed by atoms with Gasteiger partial charge in [-0.15, -0.1) is 0 Å². The number of likely N-dealkylation sites (N-methyl/N-ethyl adjacent to an activating group) is 2. The smallest absolute Gasteiger partial charge is 0.407 e. The average Bonchev–Trinajstić information content (AvgIpc) is 2.05. The lowest BCUT2D eigenvalue weighted by atomic mass is 10.0. The number of nitrogens with one attached hydrogen (secondary N) is 10. The molecule has 0 aromatic heterocycles. The van der Waals surface area contributed by atoms with Gasteiger partial charge < -0.3 is 87.8 Å². The van der Waals surface area contributed by atoms with Crippen LogP contribution in [0.3, 0.4) is 0 Å². The largest absolute Gasteiger partial charge is 0.493 e. The van der Waals surface area contributed by atoms with Crippen molar-refractivity contribution in [3.63, 3.8) is 0 Å². The number of carbonyl (C=O) groups is 12. The topological polar surface area (TPSA) is 442 Å². The number of nitro benzene ring substituents is 1. The fourth-order valence-electron chi connectivity index (χ4n) is 8.24. The Hall–Kier alpha value is -9.03. The van der Waals surface area contributed by atoms with E-state index in [9.17, 15) is 77.1 Å². The number of non-ortho nitro benzene ring substituents is 1. The summed E-state index contributed by atoms with van der Waals surface area (Å²) in [6, 6.07) is -0.382. The molecule has 6 atom stereocenters. The zero-order valence-corrected chi connectivity index (χ0v) is 52.0. The minimum Gasteiger partial charge on any atom is -0.493 e. The third kappa shape index (κ3) is 29.5. The summed E-state index contributed by atoms with van der Waals surface area (Å²) in [7, 11) is 2.77. The number of benzene rings is 2. The van der Waals surface area contributed by atoms with Crippen molar-refractivity contribution in [3.05, 3.63) is 63.5 Å². The van der Waals surface area contributed by atoms with E-state index >= 15 is 0 Å². The fraction of sp³-hybridized carbons (Fsp3) is 0.586. The first-order chi connectivity index (χ1) is 41.7. The lowest BCUT2D eigenvalue weighted by molar-refractivity contribution is -0.384. The molecule has 2 aromatic rings. The number of hydrogen-bond donors (Lipinski definition) is 12. The summed E-state index contributed by atoms with van der Waals surface area (Å²) in [5.41, 5.74) is 3.64. The molecule has 2 aromatic carbocycles. The Morgan fingerprint density at radius 1 is 0.708 bits per heavy atom. The standard InChI is InChI=1S/C29H43FN6O10.C29H44N6O8/c1-17(38)9-12-22(33-24(39)19-16-18(36(44)45)10-11-20(19)30)27(42)34-21(26(41)35-23(13-15-37)25(40)31-5)8-6-7-14-32-28(43)46-29(2,3)4;1-17(36)9-11-21-27(40)34-20(8-6-7-14-32-28(41)43-29(2,3)4)26(39)35-22(25(38)31-5)13-15-42-23-12-10-18(30)16-19(23)24(37)33-21/h10-11,16,21-23,37H,6-9,12-15H2,1-5H3,(H,31,40)(H,32,43)(H,33,39)(H,34,42)(H,35,41);10,12,16,20-22H,6-9,11,13-15,30H2,1-5H3,(H,31,38)(H,32,41)(H,33,37)(H,34,40)(H,35,39)/t21-,22-,23?;20-,21-,22?/m00/s1. The molecule has 1 aliphatic heterocycles. The first kappa shape index (κ1) is 76.1. The highest BCUT2D eigenvalue weighted by Crippen LogP contribution is 2.23. The first-order valence-electron chi connectivity index (χ1n) is 28.9. The van der Waals surface area contributed by atoms with Crippen LogP contribution in [-0.2, 0) is 47.8 Å². The van der Waals surface area contributed by atoms with Crippen molar-refractivity contribution in [2.24, 2.45) is 0 Å². The molecule has 0 saturated heterocycles. The highest BCUT2D eigenvalue weighted by atomic mass is 19.1. The van der Waals surface area contributed by atoms with Crippen LogP contribution in [0.1, 0.15) is 153 Å². The molecule has 10 amide bonds. The molecule has 0 bridgehead atoms. The van der Waals surface area contributed by atoms with Crippen molar-refractivity contribution >= 4 is 82.4 Å². The van der Waals surface area contributed by atoms with E-state index in [-0.39, 0.29) is 100 Å². The molecule has 13 N–H and O–H groups in total. The number of halogens is 1. The van der Waals surface area contributed by atoms with Crippen molar-refractivity contribution in [3.8, 4) is 5.75 Å². The number of hydrogen-bond acceptors (Lipinski definition) is 19. The number of ketones is 2. The average molecular weight is 1260 g/mol. The Balaban J connectivity index is 0.000000608. The number of unbranched alkanes of at least 4 members (excludes halogenated alkanes) is 2. The Bertz CT molecular complexity index is 2830. The van der Waals surface area contributed by atoms with Crippen LogP contribution >= 0.6 is 0 Å². The second-order valence-corrected chi connectivity index (χ2v) is 22.7. The van der Waals surface area contributed by atoms with E-state index in [1.54, 1.807) is 47.6 Å². The van der Waals surface area contributed by atoms with Gasteiger partial charge in [0.1, 0.15) is 70.6 Å². The number of aliphatic hydroxyl groups is 1. The number of carbonyl (C=O) groups excluding carboxylic acids is 12. The summed E-state index contributed by atoms with van der Waals surface area (Å²) in [5, 5.41) is 45.8. The number of aliphatic hydroxyl groups excluding tert-OH is 1. The molecule has 3 rings (SSSR count). The molecule has 494 valence electrons. The number of ether oxygens (including phenoxy) is 3. The molecular formula is C58H87FN12O18. The summed E-state index contributed by atoms with van der Waals surface area (Å²) in [4.78, 5) is 162. The minimum atomic E-state index is -1.47. The van der Waals surface area contributed by atoms with E-state index in [1.807, 2.05) is 0 Å². The van der Waals surface area contributed by atoms with E-state index in [4.69, 9.17) is 19.9 Å². The number of nitrogens with zero attached hydrogens (tertiary/aromatic N) is 1. The number of Topliss-reactive ketones (excluding diaryl/α,β-unsaturated/α-hetero) is 2. The van der Waals surface area contributed by atoms with Crippen LogP contribution in [0.5, 0.6) is 5.75 Å². The van der Waals surface area contributed by atoms with E-state index in [2.05, 4.69) is 53.2 Å². The van der Waals surface area contributed by atoms with Gasteiger partial charge in [0, 0.05) is 70.9 Å². The van der Waals surface area contributed by atoms with E-state index in [1.165, 1.54) is 40.1 Å². The van der Waals surface area contributed by atoms with Crippen LogP contribution in [0.25, 0.3) is 0 Å². The van der Waals surface area contributed by atoms with Gasteiger partial charge >= 0.3 is 12.2 Å². The molecule has 0 saturated carbocycles. The Morgan fingerprint density at radius 2 is 1.26 bits per heavy atom. The molecular weight excluding hydrogens is 1170 g/mol. The molecule has 1 aliphatic rings. The maximum Gasteiger partial charge on any atom is 0.407 e. The second-order valence-electron chi connectivity index (χ2n) is 22.7. The zero-order valence-electron chi connectivity index (χ0n) is 52.0. The Morgan fingerprint density at radius 3 is 1.80 bits per heavy atom. The predicted octanol–water partition coefficient (Wildman–Crippen LogP) is 1.92. The number of anilines is 1. The number of amides is 10. The van der Waals surface area contributed by atoms with Crippen molar-refractivity contribution in [2.75, 3.05) is 46.1 Å². The predicted molar refractivity (Wildman–Crippen MR) is 320 cm³/mol. The molecule has 30 nitrogen and oxygen atoms in total. The van der Waals surface area contributed by atoms with E-state index in [0.717, 1.165) is 12.1 Å². The number of nitrogens with two attached hydrogens (primary N) is 1. The molecule has 0 radical (unpaired) electrons. The maximum atomic E-state index is 14.4. The molecule has 1 heterocycles. The van der Waals surface area contributed by atoms with Crippen LogP contribution < -0.4 is 63.6 Å². The number of alkyl carbamates (subject to hydrolysis) is 2. The Labute approximate surface area is 515 Å². The first-order valence-corrected chi connectivity index (χ1v) is 28.9. The quantitative estimate of drug-likeness (QED) is 0.0263. The van der Waals surface area contributed by atoms with Gasteiger partial charge in [0.15, 0.2) is 0 Å². The monoisotopic (exact) mass is 1260 g/mol. The lowest BCUT2D eigenvalue weighted by Crippen LogP contribution is -2.57. The number of nitro groups is 1. The van der Waals surface area contributed by atoms with Gasteiger partial charge in [0.25, 0.3) is 17.5 Å². The van der Waals surface area contributed by atoms with Gasteiger partial charge in [-0.3, -0.25) is 48.5 Å². The summed E-state index contributed by atoms with van der Waals surface area (Å²) in [5.74, 6) is -7.32. The summed E-state index contributed by atoms with van der Waals surface area (Å²) >= 11 is 0. The van der Waals surface area contributed by atoms with Gasteiger partial charge in [-0.05, 0) is 137 Å². The minimum absolute atomic E-state index is 0.0000434. The molecule has 31 heteroatoms. The van der Waals surface area contributed by atoms with Crippen LogP contribution in [0.2, 0.25) is 0 Å². The van der Waals surface area contributed by atoms with Crippen LogP contribution in [0.4, 0.5) is 25.4 Å². The molecule has 89 heavy (non-hydrogen) atoms. The highest BCUT2D eigenvalue weighted by molar-refractivity contribution is 6.02. The van der Waals surface area contributed by atoms with Gasteiger partial charge in [-0.1, -0.05) is 0 Å². The summed E-state index contributed by atoms with van der Waals surface area (Å²) < 4.78 is 30.6. The second kappa shape index (κ2) is 37.6. The number of rotatable bonds is 27. The van der Waals surface area contributed by atoms with E-state index in [0.29, 0.717) is 31.0 Å². The highest BCUT2D eigenvalue weighted by Gasteiger charge is 2.33. The van der Waals surface area contributed by atoms with Crippen molar-refractivity contribution in [2.45, 2.75) is 180 Å². The maximum absolute atomic E-state index is 14.4. The van der Waals surface area contributed by atoms with Crippen molar-refractivity contribution in [1.82, 2.24) is 53.2 Å². The molecule has 0 spiro atoms. The SMILES string of the molecule is CNC(=O)C(CCO)NC(=O)[C@H](CCCCNC(=O)OC(C)(C)C)NC(=O)[C@H](CCC(C)=O)NC(=O)c1cc([N+](=O)[O-])ccc1F.CNC(=O)C1CCOc2ccc(N)cc2C(=O)N[C@@H](CCC(C)=O)C(=O)N[C@@H](CCCCNC(=O)OC(C)(C)C)C(=O)N1. The third-order valence-corrected chi connectivity index (χ3v) is 12.7. The number of fused-ring (bicyclic) bond motifs is 1. The van der Waals surface area contributed by atoms with Gasteiger partial charge in [0.2, 0.25) is 35.4 Å². The summed E-state index contributed by atoms with van der Waals surface area (Å²) in [6.07, 6.45) is -0.0306. The molecule has 0 aliphatic carbocycles. The summed E-state index contributed by atoms with van der Waals surface area (Å²) in [6.45, 7) is 13.0. The van der Waals surface area contributed by atoms with Gasteiger partial charge in [-0.2, -0.15) is 0 Å². The van der Waals surface area contributed by atoms with Crippen molar-refractivity contribution < 1.29 is 86.2 Å². The van der Waals surface area contributed by atoms with Crippen molar-refractivity contribution in [1.29, 1.82) is 0 Å². The lowest BCUT2D eigenvalue weighted by Gasteiger charge is -2.26. The van der Waals surface area contributed by atoms with Crippen LogP contribution in [0.15, 0.2) is 36.4 Å². The number of nitrogen functional groups attached to an aromatic ring is 1. The third-order valence-electron chi connectivity index (χ3n) is 12.7. The fourth-order valence-corrected chi connectivity index (χ4v) is 8.24. The Kier molecular flexibility index (Phi) is 32.2.